The third kappa shape index (κ3) is 3.62. The van der Waals surface area contributed by atoms with Crippen LogP contribution < -0.4 is 14.8 Å². The topological polar surface area (TPSA) is 63.7 Å². The summed E-state index contributed by atoms with van der Waals surface area (Å²) in [5, 5.41) is 3.94. The maximum atomic E-state index is 12.9. The molecule has 1 fully saturated rings. The van der Waals surface area contributed by atoms with Gasteiger partial charge in [0.25, 0.3) is 0 Å². The van der Waals surface area contributed by atoms with Gasteiger partial charge in [0.1, 0.15) is 16.5 Å². The molecule has 1 aromatic heterocycles. The van der Waals surface area contributed by atoms with Crippen molar-refractivity contribution in [2.75, 3.05) is 20.8 Å². The Balaban J connectivity index is 1.47. The minimum atomic E-state index is -0.0698. The summed E-state index contributed by atoms with van der Waals surface area (Å²) in [4.78, 5) is 19.3. The molecule has 2 aromatic carbocycles. The van der Waals surface area contributed by atoms with Crippen molar-refractivity contribution >= 4 is 27.6 Å². The molecule has 0 saturated carbocycles. The first kappa shape index (κ1) is 18.6. The van der Waals surface area contributed by atoms with Gasteiger partial charge in [0.05, 0.1) is 37.0 Å². The highest BCUT2D eigenvalue weighted by atomic mass is 32.1. The molecule has 0 spiro atoms. The molecule has 2 amide bonds. The van der Waals surface area contributed by atoms with Gasteiger partial charge in [-0.3, -0.25) is 0 Å². The lowest BCUT2D eigenvalue weighted by Gasteiger charge is -2.26. The highest BCUT2D eigenvalue weighted by Gasteiger charge is 2.32. The normalized spacial score (nSPS) is 16.4. The largest absolute Gasteiger partial charge is 0.497 e. The second-order valence-electron chi connectivity index (χ2n) is 6.69. The van der Waals surface area contributed by atoms with E-state index in [9.17, 15) is 4.79 Å². The average molecular weight is 398 g/mol. The van der Waals surface area contributed by atoms with E-state index in [1.165, 1.54) is 0 Å². The van der Waals surface area contributed by atoms with E-state index >= 15 is 0 Å². The van der Waals surface area contributed by atoms with E-state index in [1.54, 1.807) is 25.6 Å². The van der Waals surface area contributed by atoms with Crippen LogP contribution in [0.25, 0.3) is 10.2 Å². The number of carbonyl (C=O) groups excluding carboxylic acids is 1. The zero-order valence-electron chi connectivity index (χ0n) is 16.0. The number of amides is 2. The van der Waals surface area contributed by atoms with Gasteiger partial charge in [-0.05, 0) is 37.1 Å². The van der Waals surface area contributed by atoms with Gasteiger partial charge in [0.15, 0.2) is 0 Å². The van der Waals surface area contributed by atoms with Gasteiger partial charge in [-0.2, -0.15) is 0 Å². The highest BCUT2D eigenvalue weighted by molar-refractivity contribution is 7.18. The van der Waals surface area contributed by atoms with E-state index in [4.69, 9.17) is 9.47 Å². The molecule has 2 heterocycles. The number of urea groups is 1. The number of para-hydroxylation sites is 1. The van der Waals surface area contributed by atoms with E-state index in [0.29, 0.717) is 6.54 Å². The Morgan fingerprint density at radius 3 is 2.89 bits per heavy atom. The van der Waals surface area contributed by atoms with Crippen LogP contribution in [0.2, 0.25) is 0 Å². The Morgan fingerprint density at radius 2 is 2.11 bits per heavy atom. The van der Waals surface area contributed by atoms with Crippen molar-refractivity contribution in [2.45, 2.75) is 25.4 Å². The van der Waals surface area contributed by atoms with E-state index in [2.05, 4.69) is 10.3 Å². The molecule has 1 aliphatic heterocycles. The fourth-order valence-corrected chi connectivity index (χ4v) is 4.58. The number of hydrogen-bond donors (Lipinski definition) is 1. The maximum absolute atomic E-state index is 12.9. The summed E-state index contributed by atoms with van der Waals surface area (Å²) in [6.45, 7) is 1.16. The number of nitrogens with one attached hydrogen (secondary N) is 1. The first-order valence-corrected chi connectivity index (χ1v) is 10.1. The standard InChI is InChI=1S/C21H23N3O3S/c1-26-14-9-10-15(18(12-14)27-2)17-7-5-11-24(17)21(25)22-13-20-23-16-6-3-4-8-19(16)28-20/h3-4,6,8-10,12,17H,5,7,11,13H2,1-2H3,(H,22,25). The third-order valence-electron chi connectivity index (χ3n) is 5.04. The lowest BCUT2D eigenvalue weighted by Crippen LogP contribution is -2.39. The van der Waals surface area contributed by atoms with Gasteiger partial charge in [0.2, 0.25) is 0 Å². The number of likely N-dealkylation sites (tertiary alicyclic amines) is 1. The predicted molar refractivity (Wildman–Crippen MR) is 110 cm³/mol. The quantitative estimate of drug-likeness (QED) is 0.695. The molecule has 0 bridgehead atoms. The summed E-state index contributed by atoms with van der Waals surface area (Å²) >= 11 is 1.61. The molecule has 0 radical (unpaired) electrons. The van der Waals surface area contributed by atoms with Gasteiger partial charge in [0, 0.05) is 18.2 Å². The van der Waals surface area contributed by atoms with Gasteiger partial charge in [-0.25, -0.2) is 9.78 Å². The molecular formula is C21H23N3O3S. The number of fused-ring (bicyclic) bond motifs is 1. The summed E-state index contributed by atoms with van der Waals surface area (Å²) < 4.78 is 12.0. The van der Waals surface area contributed by atoms with Crippen molar-refractivity contribution in [3.63, 3.8) is 0 Å². The molecule has 1 N–H and O–H groups in total. The Labute approximate surface area is 168 Å². The van der Waals surface area contributed by atoms with Gasteiger partial charge in [-0.1, -0.05) is 12.1 Å². The van der Waals surface area contributed by atoms with Crippen molar-refractivity contribution in [1.82, 2.24) is 15.2 Å². The Bertz CT molecular complexity index is 955. The number of carbonyl (C=O) groups is 1. The van der Waals surface area contributed by atoms with Crippen LogP contribution >= 0.6 is 11.3 Å². The predicted octanol–water partition coefficient (Wildman–Crippen LogP) is 4.36. The molecule has 7 heteroatoms. The zero-order valence-corrected chi connectivity index (χ0v) is 16.8. The summed E-state index contributed by atoms with van der Waals surface area (Å²) in [6.07, 6.45) is 1.88. The van der Waals surface area contributed by atoms with Crippen molar-refractivity contribution in [3.05, 3.63) is 53.0 Å². The fourth-order valence-electron chi connectivity index (χ4n) is 3.68. The molecule has 1 atom stereocenters. The zero-order chi connectivity index (χ0) is 19.5. The molecule has 1 aliphatic rings. The molecule has 1 saturated heterocycles. The number of rotatable bonds is 5. The number of aromatic nitrogens is 1. The summed E-state index contributed by atoms with van der Waals surface area (Å²) in [5.74, 6) is 1.49. The van der Waals surface area contributed by atoms with Crippen LogP contribution in [-0.4, -0.2) is 36.7 Å². The van der Waals surface area contributed by atoms with Gasteiger partial charge in [-0.15, -0.1) is 11.3 Å². The van der Waals surface area contributed by atoms with Gasteiger partial charge < -0.3 is 19.7 Å². The van der Waals surface area contributed by atoms with Crippen molar-refractivity contribution in [3.8, 4) is 11.5 Å². The molecule has 4 rings (SSSR count). The SMILES string of the molecule is COc1ccc(C2CCCN2C(=O)NCc2nc3ccccc3s2)c(OC)c1. The monoisotopic (exact) mass is 397 g/mol. The number of hydrogen-bond acceptors (Lipinski definition) is 5. The van der Waals surface area contributed by atoms with E-state index in [0.717, 1.165) is 51.7 Å². The Hall–Kier alpha value is -2.80. The van der Waals surface area contributed by atoms with E-state index in [1.807, 2.05) is 47.4 Å². The van der Waals surface area contributed by atoms with Gasteiger partial charge >= 0.3 is 6.03 Å². The average Bonchev–Trinajstić information content (AvgIpc) is 3.38. The number of benzene rings is 2. The summed E-state index contributed by atoms with van der Waals surface area (Å²) in [7, 11) is 3.27. The number of ether oxygens (including phenoxy) is 2. The lowest BCUT2D eigenvalue weighted by atomic mass is 10.0. The van der Waals surface area contributed by atoms with Crippen LogP contribution in [0.15, 0.2) is 42.5 Å². The van der Waals surface area contributed by atoms with Crippen molar-refractivity contribution < 1.29 is 14.3 Å². The first-order chi connectivity index (χ1) is 13.7. The molecule has 0 aliphatic carbocycles. The molecule has 3 aromatic rings. The van der Waals surface area contributed by atoms with E-state index < -0.39 is 0 Å². The summed E-state index contributed by atoms with van der Waals surface area (Å²) in [6, 6.07) is 13.7. The Kier molecular flexibility index (Phi) is 5.34. The van der Waals surface area contributed by atoms with Crippen LogP contribution in [0.1, 0.15) is 29.5 Å². The van der Waals surface area contributed by atoms with Crippen LogP contribution in [0.5, 0.6) is 11.5 Å². The number of nitrogens with zero attached hydrogens (tertiary/aromatic N) is 2. The highest BCUT2D eigenvalue weighted by Crippen LogP contribution is 2.38. The Morgan fingerprint density at radius 1 is 1.25 bits per heavy atom. The third-order valence-corrected chi connectivity index (χ3v) is 6.08. The molecule has 28 heavy (non-hydrogen) atoms. The second kappa shape index (κ2) is 8.06. The van der Waals surface area contributed by atoms with Crippen LogP contribution in [0.4, 0.5) is 4.79 Å². The maximum Gasteiger partial charge on any atom is 0.318 e. The summed E-state index contributed by atoms with van der Waals surface area (Å²) in [5.41, 5.74) is 1.98. The second-order valence-corrected chi connectivity index (χ2v) is 7.81. The minimum absolute atomic E-state index is 0.00350. The number of thiazole rings is 1. The fraction of sp³-hybridized carbons (Fsp3) is 0.333. The molecular weight excluding hydrogens is 374 g/mol. The molecule has 146 valence electrons. The van der Waals surface area contributed by atoms with Crippen LogP contribution in [0.3, 0.4) is 0 Å². The van der Waals surface area contributed by atoms with Crippen LogP contribution in [0, 0.1) is 0 Å². The van der Waals surface area contributed by atoms with Crippen molar-refractivity contribution in [1.29, 1.82) is 0 Å². The minimum Gasteiger partial charge on any atom is -0.497 e. The van der Waals surface area contributed by atoms with Crippen LogP contribution in [-0.2, 0) is 6.54 Å². The molecule has 1 unspecified atom stereocenters. The first-order valence-electron chi connectivity index (χ1n) is 9.30. The number of methoxy groups -OCH3 is 2. The molecule has 6 nitrogen and oxygen atoms in total. The van der Waals surface area contributed by atoms with Crippen molar-refractivity contribution in [2.24, 2.45) is 0 Å². The van der Waals surface area contributed by atoms with E-state index in [-0.39, 0.29) is 12.1 Å². The smallest absolute Gasteiger partial charge is 0.318 e. The lowest BCUT2D eigenvalue weighted by molar-refractivity contribution is 0.191.